The lowest BCUT2D eigenvalue weighted by Gasteiger charge is -2.31. The Morgan fingerprint density at radius 1 is 1.46 bits per heavy atom. The Hall–Kier alpha value is -2.32. The van der Waals surface area contributed by atoms with Crippen molar-refractivity contribution >= 4 is 27.3 Å². The van der Waals surface area contributed by atoms with Crippen molar-refractivity contribution in [2.75, 3.05) is 19.7 Å². The summed E-state index contributed by atoms with van der Waals surface area (Å²) in [6.45, 7) is 2.99. The van der Waals surface area contributed by atoms with Gasteiger partial charge in [-0.2, -0.15) is 4.98 Å². The number of ether oxygens (including phenoxy) is 1. The van der Waals surface area contributed by atoms with Gasteiger partial charge in [0.2, 0.25) is 12.2 Å². The number of thiophene rings is 1. The number of carbonyl (C=O) groups is 1. The lowest BCUT2D eigenvalue weighted by atomic mass is 10.1. The Morgan fingerprint density at radius 2 is 2.33 bits per heavy atom. The zero-order valence-electron chi connectivity index (χ0n) is 12.9. The molecule has 2 aromatic heterocycles. The maximum atomic E-state index is 14.0. The van der Waals surface area contributed by atoms with Crippen molar-refractivity contribution in [3.63, 3.8) is 0 Å². The molecule has 8 heteroatoms. The average molecular weight is 347 g/mol. The van der Waals surface area contributed by atoms with Crippen LogP contribution >= 0.6 is 11.3 Å². The van der Waals surface area contributed by atoms with Gasteiger partial charge in [-0.1, -0.05) is 11.2 Å². The molecule has 1 atom stereocenters. The first-order chi connectivity index (χ1) is 11.6. The van der Waals surface area contributed by atoms with Crippen molar-refractivity contribution in [1.82, 2.24) is 15.0 Å². The Bertz CT molecular complexity index is 893. The van der Waals surface area contributed by atoms with Crippen molar-refractivity contribution in [3.05, 3.63) is 46.7 Å². The molecular weight excluding hydrogens is 333 g/mol. The van der Waals surface area contributed by atoms with E-state index in [0.717, 1.165) is 4.70 Å². The third kappa shape index (κ3) is 2.47. The van der Waals surface area contributed by atoms with Crippen molar-refractivity contribution in [1.29, 1.82) is 0 Å². The van der Waals surface area contributed by atoms with E-state index in [-0.39, 0.29) is 11.7 Å². The van der Waals surface area contributed by atoms with Crippen LogP contribution in [0.1, 0.15) is 27.2 Å². The first-order valence-corrected chi connectivity index (χ1v) is 8.31. The van der Waals surface area contributed by atoms with Gasteiger partial charge in [-0.3, -0.25) is 4.79 Å². The van der Waals surface area contributed by atoms with Crippen LogP contribution in [0.5, 0.6) is 0 Å². The number of hydrogen-bond donors (Lipinski definition) is 0. The van der Waals surface area contributed by atoms with Gasteiger partial charge in [0.25, 0.3) is 5.91 Å². The molecule has 1 aliphatic heterocycles. The molecule has 0 saturated carbocycles. The van der Waals surface area contributed by atoms with Gasteiger partial charge in [-0.15, -0.1) is 11.3 Å². The van der Waals surface area contributed by atoms with E-state index in [9.17, 15) is 9.18 Å². The summed E-state index contributed by atoms with van der Waals surface area (Å²) >= 11 is 1.32. The highest BCUT2D eigenvalue weighted by Crippen LogP contribution is 2.34. The van der Waals surface area contributed by atoms with E-state index in [1.165, 1.54) is 23.8 Å². The van der Waals surface area contributed by atoms with Gasteiger partial charge in [0.1, 0.15) is 11.9 Å². The molecule has 0 aliphatic carbocycles. The largest absolute Gasteiger partial charge is 0.366 e. The number of halogens is 1. The number of hydrogen-bond acceptors (Lipinski definition) is 6. The van der Waals surface area contributed by atoms with E-state index in [1.807, 2.05) is 6.07 Å². The topological polar surface area (TPSA) is 68.5 Å². The molecule has 0 bridgehead atoms. The number of morpholine rings is 1. The van der Waals surface area contributed by atoms with Gasteiger partial charge in [0.05, 0.1) is 18.0 Å². The summed E-state index contributed by atoms with van der Waals surface area (Å²) in [7, 11) is 0. The summed E-state index contributed by atoms with van der Waals surface area (Å²) in [6, 6.07) is 4.90. The molecule has 4 rings (SSSR count). The third-order valence-electron chi connectivity index (χ3n) is 4.12. The van der Waals surface area contributed by atoms with Crippen LogP contribution in [0.3, 0.4) is 0 Å². The van der Waals surface area contributed by atoms with E-state index in [4.69, 9.17) is 9.26 Å². The quantitative estimate of drug-likeness (QED) is 0.713. The lowest BCUT2D eigenvalue weighted by Crippen LogP contribution is -2.42. The SMILES string of the molecule is Cc1c(C(=O)N2CCO[C@@H](c3ncon3)C2)sc2cccc(F)c12. The first kappa shape index (κ1) is 15.2. The maximum Gasteiger partial charge on any atom is 0.264 e. The molecule has 1 aliphatic rings. The molecule has 3 aromatic rings. The number of carbonyl (C=O) groups excluding carboxylic acids is 1. The van der Waals surface area contributed by atoms with E-state index in [2.05, 4.69) is 10.1 Å². The summed E-state index contributed by atoms with van der Waals surface area (Å²) in [5.74, 6) is 0.00320. The minimum Gasteiger partial charge on any atom is -0.366 e. The molecule has 1 saturated heterocycles. The number of amides is 1. The average Bonchev–Trinajstić information content (AvgIpc) is 3.23. The molecule has 6 nitrogen and oxygen atoms in total. The smallest absolute Gasteiger partial charge is 0.264 e. The van der Waals surface area contributed by atoms with Crippen molar-refractivity contribution in [2.45, 2.75) is 13.0 Å². The number of nitrogens with zero attached hydrogens (tertiary/aromatic N) is 3. The molecule has 1 amide bonds. The van der Waals surface area contributed by atoms with Crippen LogP contribution in [0.25, 0.3) is 10.1 Å². The van der Waals surface area contributed by atoms with Gasteiger partial charge in [-0.05, 0) is 24.6 Å². The minimum absolute atomic E-state index is 0.120. The van der Waals surface area contributed by atoms with Crippen LogP contribution in [0.4, 0.5) is 4.39 Å². The van der Waals surface area contributed by atoms with Crippen LogP contribution in [0, 0.1) is 12.7 Å². The Morgan fingerprint density at radius 3 is 3.08 bits per heavy atom. The van der Waals surface area contributed by atoms with Crippen LogP contribution in [-0.2, 0) is 4.74 Å². The van der Waals surface area contributed by atoms with Crippen LogP contribution in [-0.4, -0.2) is 40.6 Å². The highest BCUT2D eigenvalue weighted by molar-refractivity contribution is 7.21. The Kier molecular flexibility index (Phi) is 3.78. The number of rotatable bonds is 2. The van der Waals surface area contributed by atoms with Crippen molar-refractivity contribution in [2.24, 2.45) is 0 Å². The second kappa shape index (κ2) is 5.95. The summed E-state index contributed by atoms with van der Waals surface area (Å²) in [4.78, 5) is 19.1. The van der Waals surface area contributed by atoms with Crippen molar-refractivity contribution in [3.8, 4) is 0 Å². The van der Waals surface area contributed by atoms with E-state index in [1.54, 1.807) is 17.9 Å². The molecular formula is C16H14FN3O3S. The number of aromatic nitrogens is 2. The highest BCUT2D eigenvalue weighted by atomic mass is 32.1. The van der Waals surface area contributed by atoms with Gasteiger partial charge in [0.15, 0.2) is 0 Å². The molecule has 1 fully saturated rings. The van der Waals surface area contributed by atoms with Gasteiger partial charge < -0.3 is 14.2 Å². The normalized spacial score (nSPS) is 18.2. The first-order valence-electron chi connectivity index (χ1n) is 7.50. The van der Waals surface area contributed by atoms with Crippen LogP contribution in [0.15, 0.2) is 29.1 Å². The van der Waals surface area contributed by atoms with Gasteiger partial charge in [-0.25, -0.2) is 4.39 Å². The molecule has 3 heterocycles. The van der Waals surface area contributed by atoms with Gasteiger partial charge >= 0.3 is 0 Å². The Balaban J connectivity index is 1.64. The standard InChI is InChI=1S/C16H14FN3O3S/c1-9-13-10(17)3-2-4-12(13)24-14(9)16(21)20-5-6-22-11(7-20)15-18-8-23-19-15/h2-4,8,11H,5-7H2,1H3/t11-/m1/s1. The maximum absolute atomic E-state index is 14.0. The second-order valence-corrected chi connectivity index (χ2v) is 6.62. The van der Waals surface area contributed by atoms with Crippen molar-refractivity contribution < 1.29 is 18.4 Å². The van der Waals surface area contributed by atoms with Crippen LogP contribution in [0.2, 0.25) is 0 Å². The molecule has 0 unspecified atom stereocenters. The zero-order valence-corrected chi connectivity index (χ0v) is 13.7. The third-order valence-corrected chi connectivity index (χ3v) is 5.36. The summed E-state index contributed by atoms with van der Waals surface area (Å²) < 4.78 is 25.2. The molecule has 124 valence electrons. The monoisotopic (exact) mass is 347 g/mol. The predicted molar refractivity (Wildman–Crippen MR) is 85.4 cm³/mol. The molecule has 24 heavy (non-hydrogen) atoms. The lowest BCUT2D eigenvalue weighted by molar-refractivity contribution is -0.0275. The van der Waals surface area contributed by atoms with Crippen LogP contribution < -0.4 is 0 Å². The minimum atomic E-state index is -0.409. The fourth-order valence-electron chi connectivity index (χ4n) is 2.91. The van der Waals surface area contributed by atoms with E-state index >= 15 is 0 Å². The van der Waals surface area contributed by atoms with Gasteiger partial charge in [0, 0.05) is 16.6 Å². The summed E-state index contributed by atoms with van der Waals surface area (Å²) in [5, 5.41) is 4.30. The molecule has 0 N–H and O–H groups in total. The number of benzene rings is 1. The Labute approximate surface area is 140 Å². The zero-order chi connectivity index (χ0) is 16.7. The van der Waals surface area contributed by atoms with E-state index in [0.29, 0.717) is 41.3 Å². The molecule has 0 radical (unpaired) electrons. The molecule has 1 aromatic carbocycles. The molecule has 0 spiro atoms. The fourth-order valence-corrected chi connectivity index (χ4v) is 4.10. The summed E-state index contributed by atoms with van der Waals surface area (Å²) in [5.41, 5.74) is 0.681. The predicted octanol–water partition coefficient (Wildman–Crippen LogP) is 2.95. The highest BCUT2D eigenvalue weighted by Gasteiger charge is 2.30. The fraction of sp³-hybridized carbons (Fsp3) is 0.312. The van der Waals surface area contributed by atoms with E-state index < -0.39 is 6.10 Å². The second-order valence-electron chi connectivity index (χ2n) is 5.57. The summed E-state index contributed by atoms with van der Waals surface area (Å²) in [6.07, 6.45) is 0.825. The number of aryl methyl sites for hydroxylation is 1. The number of fused-ring (bicyclic) bond motifs is 1.